The maximum atomic E-state index is 6.34. The molecule has 0 heterocycles. The molecular weight excluding hydrogens is 328 g/mol. The summed E-state index contributed by atoms with van der Waals surface area (Å²) in [6.45, 7) is 16.7. The first-order valence-electron chi connectivity index (χ1n) is 10.1. The Balaban J connectivity index is 2.34. The summed E-state index contributed by atoms with van der Waals surface area (Å²) < 4.78 is 6.34. The smallest absolute Gasteiger partial charge is 0.130 e. The molecule has 0 amide bonds. The maximum absolute atomic E-state index is 6.34. The number of ether oxygens (including phenoxy) is 1. The molecule has 0 aliphatic heterocycles. The van der Waals surface area contributed by atoms with E-state index >= 15 is 0 Å². The molecule has 0 atom stereocenters. The third-order valence-electron chi connectivity index (χ3n) is 4.95. The molecular formula is C26H34O. The van der Waals surface area contributed by atoms with Crippen LogP contribution >= 0.6 is 0 Å². The lowest BCUT2D eigenvalue weighted by molar-refractivity contribution is 0.474. The van der Waals surface area contributed by atoms with Crippen LogP contribution in [-0.2, 0) is 12.8 Å². The molecule has 144 valence electrons. The van der Waals surface area contributed by atoms with Gasteiger partial charge in [0.15, 0.2) is 0 Å². The number of rotatable bonds is 10. The fraction of sp³-hybridized carbons (Fsp3) is 0.385. The van der Waals surface area contributed by atoms with Crippen molar-refractivity contribution in [1.82, 2.24) is 0 Å². The van der Waals surface area contributed by atoms with Gasteiger partial charge in [-0.1, -0.05) is 58.0 Å². The molecule has 0 N–H and O–H groups in total. The Hall–Kier alpha value is -2.28. The highest BCUT2D eigenvalue weighted by Crippen LogP contribution is 2.32. The van der Waals surface area contributed by atoms with Crippen molar-refractivity contribution in [3.8, 4) is 11.5 Å². The second kappa shape index (κ2) is 10.2. The van der Waals surface area contributed by atoms with Crippen LogP contribution in [-0.4, -0.2) is 0 Å². The lowest BCUT2D eigenvalue weighted by Crippen LogP contribution is -1.99. The molecule has 0 aromatic heterocycles. The summed E-state index contributed by atoms with van der Waals surface area (Å²) >= 11 is 0. The van der Waals surface area contributed by atoms with E-state index in [0.29, 0.717) is 11.8 Å². The Morgan fingerprint density at radius 1 is 0.815 bits per heavy atom. The molecule has 0 spiro atoms. The standard InChI is InChI=1S/C26H34O/c1-7-9-11-22-18-24(14-15-25(22)20(5)6)27-26-16-13-21(19(3)4)17-23(26)12-10-8-2/h7-8,13-20H,1-2,9-12H2,3-6H3. The van der Waals surface area contributed by atoms with Gasteiger partial charge in [-0.25, -0.2) is 0 Å². The second-order valence-corrected chi connectivity index (χ2v) is 7.79. The summed E-state index contributed by atoms with van der Waals surface area (Å²) in [5.74, 6) is 2.88. The van der Waals surface area contributed by atoms with Crippen molar-refractivity contribution in [2.45, 2.75) is 65.2 Å². The monoisotopic (exact) mass is 362 g/mol. The topological polar surface area (TPSA) is 9.23 Å². The highest BCUT2D eigenvalue weighted by Gasteiger charge is 2.11. The normalized spacial score (nSPS) is 11.0. The molecule has 0 unspecified atom stereocenters. The van der Waals surface area contributed by atoms with E-state index in [9.17, 15) is 0 Å². The molecule has 0 aliphatic rings. The SMILES string of the molecule is C=CCCc1cc(C(C)C)ccc1Oc1ccc(C(C)C)c(CCC=C)c1. The third kappa shape index (κ3) is 5.85. The minimum atomic E-state index is 0.507. The minimum absolute atomic E-state index is 0.507. The summed E-state index contributed by atoms with van der Waals surface area (Å²) in [6.07, 6.45) is 7.84. The van der Waals surface area contributed by atoms with Gasteiger partial charge in [0.1, 0.15) is 11.5 Å². The molecule has 1 nitrogen and oxygen atoms in total. The van der Waals surface area contributed by atoms with E-state index in [4.69, 9.17) is 4.74 Å². The van der Waals surface area contributed by atoms with E-state index in [1.807, 2.05) is 12.2 Å². The number of aryl methyl sites for hydroxylation is 2. The first-order chi connectivity index (χ1) is 13.0. The van der Waals surface area contributed by atoms with Gasteiger partial charge in [0.05, 0.1) is 0 Å². The van der Waals surface area contributed by atoms with Gasteiger partial charge in [-0.3, -0.25) is 0 Å². The van der Waals surface area contributed by atoms with E-state index in [1.54, 1.807) is 0 Å². The molecule has 0 aliphatic carbocycles. The molecule has 2 aromatic carbocycles. The fourth-order valence-electron chi connectivity index (χ4n) is 3.32. The van der Waals surface area contributed by atoms with Crippen molar-refractivity contribution in [3.05, 3.63) is 84.0 Å². The quantitative estimate of drug-likeness (QED) is 0.389. The molecule has 1 heteroatoms. The van der Waals surface area contributed by atoms with Crippen LogP contribution in [0, 0.1) is 0 Å². The largest absolute Gasteiger partial charge is 0.457 e. The van der Waals surface area contributed by atoms with Crippen LogP contribution in [0.5, 0.6) is 11.5 Å². The summed E-state index contributed by atoms with van der Waals surface area (Å²) in [5.41, 5.74) is 5.35. The first-order valence-corrected chi connectivity index (χ1v) is 10.1. The molecule has 0 saturated heterocycles. The maximum Gasteiger partial charge on any atom is 0.130 e. The summed E-state index contributed by atoms with van der Waals surface area (Å²) in [5, 5.41) is 0. The summed E-state index contributed by atoms with van der Waals surface area (Å²) in [6, 6.07) is 13.1. The molecule has 2 aromatic rings. The highest BCUT2D eigenvalue weighted by atomic mass is 16.5. The van der Waals surface area contributed by atoms with Gasteiger partial charge in [0.25, 0.3) is 0 Å². The Kier molecular flexibility index (Phi) is 7.91. The fourth-order valence-corrected chi connectivity index (χ4v) is 3.32. The van der Waals surface area contributed by atoms with Crippen LogP contribution in [0.2, 0.25) is 0 Å². The Bertz CT molecular complexity index is 768. The summed E-state index contributed by atoms with van der Waals surface area (Å²) in [7, 11) is 0. The van der Waals surface area contributed by atoms with Crippen LogP contribution in [0.1, 0.15) is 74.6 Å². The van der Waals surface area contributed by atoms with Gasteiger partial charge in [0.2, 0.25) is 0 Å². The number of benzene rings is 2. The molecule has 0 saturated carbocycles. The van der Waals surface area contributed by atoms with Crippen molar-refractivity contribution in [2.24, 2.45) is 0 Å². The zero-order valence-electron chi connectivity index (χ0n) is 17.4. The van der Waals surface area contributed by atoms with E-state index in [2.05, 4.69) is 77.3 Å². The van der Waals surface area contributed by atoms with E-state index in [1.165, 1.54) is 22.3 Å². The van der Waals surface area contributed by atoms with Crippen molar-refractivity contribution in [2.75, 3.05) is 0 Å². The van der Waals surface area contributed by atoms with Crippen molar-refractivity contribution < 1.29 is 4.74 Å². The van der Waals surface area contributed by atoms with Crippen LogP contribution < -0.4 is 4.74 Å². The highest BCUT2D eigenvalue weighted by molar-refractivity contribution is 5.44. The van der Waals surface area contributed by atoms with Crippen LogP contribution in [0.25, 0.3) is 0 Å². The Morgan fingerprint density at radius 3 is 2.07 bits per heavy atom. The van der Waals surface area contributed by atoms with Gasteiger partial charge < -0.3 is 4.74 Å². The van der Waals surface area contributed by atoms with Crippen LogP contribution in [0.3, 0.4) is 0 Å². The third-order valence-corrected chi connectivity index (χ3v) is 4.95. The van der Waals surface area contributed by atoms with Gasteiger partial charge in [0, 0.05) is 0 Å². The summed E-state index contributed by atoms with van der Waals surface area (Å²) in [4.78, 5) is 0. The van der Waals surface area contributed by atoms with Crippen molar-refractivity contribution >= 4 is 0 Å². The molecule has 2 rings (SSSR count). The van der Waals surface area contributed by atoms with Crippen LogP contribution in [0.4, 0.5) is 0 Å². The molecule has 0 radical (unpaired) electrons. The molecule has 0 bridgehead atoms. The Morgan fingerprint density at radius 2 is 1.48 bits per heavy atom. The molecule has 27 heavy (non-hydrogen) atoms. The van der Waals surface area contributed by atoms with Gasteiger partial charge >= 0.3 is 0 Å². The van der Waals surface area contributed by atoms with E-state index < -0.39 is 0 Å². The predicted octanol–water partition coefficient (Wildman–Crippen LogP) is 7.96. The average Bonchev–Trinajstić information content (AvgIpc) is 2.65. The number of allylic oxidation sites excluding steroid dienone is 2. The van der Waals surface area contributed by atoms with E-state index in [-0.39, 0.29) is 0 Å². The zero-order chi connectivity index (χ0) is 19.8. The zero-order valence-corrected chi connectivity index (χ0v) is 17.4. The number of hydrogen-bond acceptors (Lipinski definition) is 1. The lowest BCUT2D eigenvalue weighted by atomic mass is 9.94. The van der Waals surface area contributed by atoms with Gasteiger partial charge in [-0.05, 0) is 78.0 Å². The lowest BCUT2D eigenvalue weighted by Gasteiger charge is -2.17. The van der Waals surface area contributed by atoms with Crippen molar-refractivity contribution in [3.63, 3.8) is 0 Å². The van der Waals surface area contributed by atoms with Gasteiger partial charge in [-0.15, -0.1) is 13.2 Å². The second-order valence-electron chi connectivity index (χ2n) is 7.79. The first kappa shape index (κ1) is 21.0. The minimum Gasteiger partial charge on any atom is -0.457 e. The Labute approximate surface area is 165 Å². The van der Waals surface area contributed by atoms with Crippen LogP contribution in [0.15, 0.2) is 61.7 Å². The molecule has 0 fully saturated rings. The van der Waals surface area contributed by atoms with Crippen molar-refractivity contribution in [1.29, 1.82) is 0 Å². The van der Waals surface area contributed by atoms with Gasteiger partial charge in [-0.2, -0.15) is 0 Å². The predicted molar refractivity (Wildman–Crippen MR) is 118 cm³/mol. The number of hydrogen-bond donors (Lipinski definition) is 0. The average molecular weight is 363 g/mol. The van der Waals surface area contributed by atoms with E-state index in [0.717, 1.165) is 37.2 Å².